The molecule has 1 aromatic heterocycles. The Morgan fingerprint density at radius 1 is 1.35 bits per heavy atom. The molecule has 6 heteroatoms. The first-order chi connectivity index (χ1) is 9.60. The van der Waals surface area contributed by atoms with Gasteiger partial charge >= 0.3 is 6.03 Å². The van der Waals surface area contributed by atoms with Gasteiger partial charge in [-0.1, -0.05) is 6.07 Å². The van der Waals surface area contributed by atoms with Crippen molar-refractivity contribution in [1.29, 1.82) is 0 Å². The van der Waals surface area contributed by atoms with Gasteiger partial charge in [0, 0.05) is 25.0 Å². The van der Waals surface area contributed by atoms with E-state index in [0.29, 0.717) is 17.3 Å². The topological polar surface area (TPSA) is 63.2 Å². The molecule has 0 saturated carbocycles. The van der Waals surface area contributed by atoms with Crippen molar-refractivity contribution in [3.63, 3.8) is 0 Å². The van der Waals surface area contributed by atoms with Crippen LogP contribution in [0.2, 0.25) is 0 Å². The number of aromatic nitrogens is 1. The Morgan fingerprint density at radius 2 is 2.15 bits per heavy atom. The second-order valence-corrected chi connectivity index (χ2v) is 4.93. The molecule has 0 unspecified atom stereocenters. The summed E-state index contributed by atoms with van der Waals surface area (Å²) in [6.45, 7) is 1.93. The van der Waals surface area contributed by atoms with E-state index in [1.54, 1.807) is 19.3 Å². The molecule has 20 heavy (non-hydrogen) atoms. The predicted molar refractivity (Wildman–Crippen MR) is 81.3 cm³/mol. The molecule has 1 aromatic carbocycles. The zero-order chi connectivity index (χ0) is 14.5. The number of urea groups is 1. The Kier molecular flexibility index (Phi) is 4.57. The summed E-state index contributed by atoms with van der Waals surface area (Å²) in [4.78, 5) is 15.5. The number of anilines is 1. The van der Waals surface area contributed by atoms with Crippen LogP contribution in [0.25, 0.3) is 0 Å². The molecule has 0 radical (unpaired) electrons. The Balaban J connectivity index is 2.25. The number of ether oxygens (including phenoxy) is 1. The van der Waals surface area contributed by atoms with Crippen LogP contribution in [0.1, 0.15) is 5.56 Å². The maximum atomic E-state index is 11.3. The molecule has 104 valence electrons. The van der Waals surface area contributed by atoms with Gasteiger partial charge in [-0.25, -0.2) is 9.78 Å². The van der Waals surface area contributed by atoms with Crippen molar-refractivity contribution >= 4 is 27.6 Å². The number of aryl methyl sites for hydroxylation is 1. The molecule has 1 heterocycles. The minimum absolute atomic E-state index is 0.279. The number of halogens is 1. The highest BCUT2D eigenvalue weighted by Crippen LogP contribution is 2.30. The number of pyridine rings is 1. The van der Waals surface area contributed by atoms with Gasteiger partial charge in [-0.3, -0.25) is 0 Å². The maximum Gasteiger partial charge on any atom is 0.318 e. The average molecular weight is 336 g/mol. The largest absolute Gasteiger partial charge is 0.438 e. The molecule has 2 aromatic rings. The number of rotatable bonds is 3. The van der Waals surface area contributed by atoms with Gasteiger partial charge in [-0.05, 0) is 46.6 Å². The van der Waals surface area contributed by atoms with E-state index in [-0.39, 0.29) is 6.03 Å². The lowest BCUT2D eigenvalue weighted by atomic mass is 10.2. The maximum absolute atomic E-state index is 11.3. The van der Waals surface area contributed by atoms with E-state index >= 15 is 0 Å². The van der Waals surface area contributed by atoms with E-state index in [2.05, 4.69) is 31.5 Å². The molecule has 0 aliphatic heterocycles. The van der Waals surface area contributed by atoms with Gasteiger partial charge in [-0.2, -0.15) is 0 Å². The molecule has 5 nitrogen and oxygen atoms in total. The molecule has 2 N–H and O–H groups in total. The Labute approximate surface area is 125 Å². The van der Waals surface area contributed by atoms with Crippen LogP contribution in [-0.4, -0.2) is 18.1 Å². The zero-order valence-electron chi connectivity index (χ0n) is 11.1. The van der Waals surface area contributed by atoms with E-state index in [1.807, 2.05) is 31.2 Å². The van der Waals surface area contributed by atoms with Crippen LogP contribution in [0.5, 0.6) is 11.6 Å². The minimum Gasteiger partial charge on any atom is -0.438 e. The number of hydrogen-bond acceptors (Lipinski definition) is 3. The lowest BCUT2D eigenvalue weighted by molar-refractivity contribution is 0.254. The molecule has 0 saturated heterocycles. The fraction of sp³-hybridized carbons (Fsp3) is 0.143. The third-order valence-electron chi connectivity index (χ3n) is 2.60. The summed E-state index contributed by atoms with van der Waals surface area (Å²) in [5.74, 6) is 1.12. The number of nitrogens with one attached hydrogen (secondary N) is 2. The zero-order valence-corrected chi connectivity index (χ0v) is 12.7. The van der Waals surface area contributed by atoms with Crippen LogP contribution < -0.4 is 15.4 Å². The van der Waals surface area contributed by atoms with Crippen LogP contribution in [0.4, 0.5) is 10.5 Å². The van der Waals surface area contributed by atoms with Crippen molar-refractivity contribution < 1.29 is 9.53 Å². The van der Waals surface area contributed by atoms with Crippen LogP contribution >= 0.6 is 15.9 Å². The number of carbonyl (C=O) groups is 1. The Hall–Kier alpha value is -2.08. The monoisotopic (exact) mass is 335 g/mol. The highest BCUT2D eigenvalue weighted by molar-refractivity contribution is 9.10. The highest BCUT2D eigenvalue weighted by atomic mass is 79.9. The number of hydrogen-bond donors (Lipinski definition) is 2. The van der Waals surface area contributed by atoms with Crippen molar-refractivity contribution in [3.05, 3.63) is 46.6 Å². The number of carbonyl (C=O) groups excluding carboxylic acids is 1. The molecule has 0 aliphatic carbocycles. The van der Waals surface area contributed by atoms with Crippen molar-refractivity contribution in [2.24, 2.45) is 0 Å². The molecule has 0 atom stereocenters. The second kappa shape index (κ2) is 6.38. The summed E-state index contributed by atoms with van der Waals surface area (Å²) in [6, 6.07) is 8.82. The molecule has 0 spiro atoms. The third kappa shape index (κ3) is 3.48. The van der Waals surface area contributed by atoms with E-state index < -0.39 is 0 Å². The van der Waals surface area contributed by atoms with Gasteiger partial charge in [-0.15, -0.1) is 0 Å². The number of benzene rings is 1. The first-order valence-electron chi connectivity index (χ1n) is 5.98. The van der Waals surface area contributed by atoms with Gasteiger partial charge in [0.1, 0.15) is 5.75 Å². The molecule has 0 fully saturated rings. The minimum atomic E-state index is -0.279. The van der Waals surface area contributed by atoms with Crippen molar-refractivity contribution in [2.45, 2.75) is 6.92 Å². The molecular weight excluding hydrogens is 322 g/mol. The Bertz CT molecular complexity index is 632. The van der Waals surface area contributed by atoms with Gasteiger partial charge in [0.25, 0.3) is 0 Å². The van der Waals surface area contributed by atoms with Gasteiger partial charge < -0.3 is 15.4 Å². The molecule has 0 aliphatic rings. The normalized spacial score (nSPS) is 9.95. The van der Waals surface area contributed by atoms with Crippen molar-refractivity contribution in [1.82, 2.24) is 10.3 Å². The fourth-order valence-corrected chi connectivity index (χ4v) is 1.87. The van der Waals surface area contributed by atoms with Crippen LogP contribution in [0.3, 0.4) is 0 Å². The van der Waals surface area contributed by atoms with Crippen LogP contribution in [0.15, 0.2) is 41.0 Å². The number of amides is 2. The van der Waals surface area contributed by atoms with Gasteiger partial charge in [0.05, 0.1) is 4.47 Å². The van der Waals surface area contributed by atoms with E-state index in [9.17, 15) is 4.79 Å². The summed E-state index contributed by atoms with van der Waals surface area (Å²) in [7, 11) is 1.56. The van der Waals surface area contributed by atoms with Crippen LogP contribution in [-0.2, 0) is 0 Å². The van der Waals surface area contributed by atoms with Gasteiger partial charge in [0.15, 0.2) is 0 Å². The standard InChI is InChI=1S/C14H14BrN3O2/c1-9-5-6-10(18-14(19)16-2)8-12(9)20-13-11(15)4-3-7-17-13/h3-8H,1-2H3,(H2,16,18,19). The van der Waals surface area contributed by atoms with E-state index in [0.717, 1.165) is 10.0 Å². The summed E-state index contributed by atoms with van der Waals surface area (Å²) in [6.07, 6.45) is 1.65. The predicted octanol–water partition coefficient (Wildman–Crippen LogP) is 3.70. The molecule has 2 rings (SSSR count). The SMILES string of the molecule is CNC(=O)Nc1ccc(C)c(Oc2ncccc2Br)c1. The first kappa shape index (κ1) is 14.3. The Morgan fingerprint density at radius 3 is 2.85 bits per heavy atom. The van der Waals surface area contributed by atoms with Crippen molar-refractivity contribution in [2.75, 3.05) is 12.4 Å². The second-order valence-electron chi connectivity index (χ2n) is 4.08. The summed E-state index contributed by atoms with van der Waals surface area (Å²) in [5.41, 5.74) is 1.60. The lowest BCUT2D eigenvalue weighted by Gasteiger charge is -2.11. The highest BCUT2D eigenvalue weighted by Gasteiger charge is 2.08. The van der Waals surface area contributed by atoms with Gasteiger partial charge in [0.2, 0.25) is 5.88 Å². The smallest absolute Gasteiger partial charge is 0.318 e. The summed E-state index contributed by atoms with van der Waals surface area (Å²) in [5, 5.41) is 5.19. The van der Waals surface area contributed by atoms with Crippen LogP contribution in [0, 0.1) is 6.92 Å². The average Bonchev–Trinajstić information content (AvgIpc) is 2.44. The summed E-state index contributed by atoms with van der Waals surface area (Å²) >= 11 is 3.38. The molecule has 0 bridgehead atoms. The van der Waals surface area contributed by atoms with E-state index in [4.69, 9.17) is 4.74 Å². The quantitative estimate of drug-likeness (QED) is 0.898. The first-order valence-corrected chi connectivity index (χ1v) is 6.77. The molecule has 2 amide bonds. The lowest BCUT2D eigenvalue weighted by Crippen LogP contribution is -2.24. The van der Waals surface area contributed by atoms with Crippen molar-refractivity contribution in [3.8, 4) is 11.6 Å². The number of nitrogens with zero attached hydrogens (tertiary/aromatic N) is 1. The van der Waals surface area contributed by atoms with E-state index in [1.165, 1.54) is 0 Å². The molecular formula is C14H14BrN3O2. The fourth-order valence-electron chi connectivity index (χ4n) is 1.53. The summed E-state index contributed by atoms with van der Waals surface area (Å²) < 4.78 is 6.53. The third-order valence-corrected chi connectivity index (χ3v) is 3.21.